The van der Waals surface area contributed by atoms with Gasteiger partial charge in [0, 0.05) is 73.6 Å². The van der Waals surface area contributed by atoms with Gasteiger partial charge < -0.3 is 10.0 Å². The van der Waals surface area contributed by atoms with Gasteiger partial charge in [-0.15, -0.1) is 0 Å². The average molecular weight is 395 g/mol. The minimum atomic E-state index is -0.744. The van der Waals surface area contributed by atoms with Crippen LogP contribution < -0.4 is 4.90 Å². The van der Waals surface area contributed by atoms with Gasteiger partial charge in [-0.3, -0.25) is 9.88 Å². The molecule has 1 aromatic heterocycles. The zero-order chi connectivity index (χ0) is 20.2. The fourth-order valence-corrected chi connectivity index (χ4v) is 3.76. The molecule has 1 aliphatic rings. The fraction of sp³-hybridized carbons (Fsp3) is 0.261. The molecule has 2 heterocycles. The van der Waals surface area contributed by atoms with Crippen LogP contribution >= 0.6 is 0 Å². The number of rotatable bonds is 5. The van der Waals surface area contributed by atoms with Crippen molar-refractivity contribution in [3.05, 3.63) is 95.3 Å². The summed E-state index contributed by atoms with van der Waals surface area (Å²) in [6.07, 6.45) is 2.62. The number of aliphatic hydroxyl groups excluding tert-OH is 1. The van der Waals surface area contributed by atoms with Crippen molar-refractivity contribution in [1.82, 2.24) is 9.88 Å². The van der Waals surface area contributed by atoms with E-state index in [9.17, 15) is 13.9 Å². The first-order valence-corrected chi connectivity index (χ1v) is 9.70. The first kappa shape index (κ1) is 19.5. The summed E-state index contributed by atoms with van der Waals surface area (Å²) in [5, 5.41) is 10.9. The summed E-state index contributed by atoms with van der Waals surface area (Å²) in [5.41, 5.74) is 3.10. The molecule has 6 heteroatoms. The quantitative estimate of drug-likeness (QED) is 0.714. The summed E-state index contributed by atoms with van der Waals surface area (Å²) >= 11 is 0. The molecule has 4 rings (SSSR count). The molecule has 0 radical (unpaired) electrons. The average Bonchev–Trinajstić information content (AvgIpc) is 2.76. The van der Waals surface area contributed by atoms with Gasteiger partial charge in [-0.2, -0.15) is 0 Å². The topological polar surface area (TPSA) is 39.6 Å². The molecular formula is C23H23F2N3O. The van der Waals surface area contributed by atoms with Crippen molar-refractivity contribution in [3.63, 3.8) is 0 Å². The van der Waals surface area contributed by atoms with Crippen LogP contribution in [-0.2, 0) is 6.54 Å². The fourth-order valence-electron chi connectivity index (χ4n) is 3.76. The number of nitrogens with zero attached hydrogens (tertiary/aromatic N) is 3. The highest BCUT2D eigenvalue weighted by Gasteiger charge is 2.23. The van der Waals surface area contributed by atoms with Crippen LogP contribution in [0.4, 0.5) is 14.5 Å². The maximum atomic E-state index is 13.9. The van der Waals surface area contributed by atoms with Crippen LogP contribution in [0.3, 0.4) is 0 Å². The second kappa shape index (κ2) is 8.68. The summed E-state index contributed by atoms with van der Waals surface area (Å²) in [4.78, 5) is 8.50. The van der Waals surface area contributed by atoms with E-state index >= 15 is 0 Å². The predicted octanol–water partition coefficient (Wildman–Crippen LogP) is 3.76. The third kappa shape index (κ3) is 4.44. The van der Waals surface area contributed by atoms with E-state index in [0.29, 0.717) is 12.1 Å². The third-order valence-electron chi connectivity index (χ3n) is 5.35. The Morgan fingerprint density at radius 1 is 0.966 bits per heavy atom. The Labute approximate surface area is 169 Å². The van der Waals surface area contributed by atoms with Crippen molar-refractivity contribution in [2.45, 2.75) is 12.6 Å². The molecule has 1 aliphatic heterocycles. The maximum Gasteiger partial charge on any atom is 0.130 e. The van der Waals surface area contributed by atoms with E-state index in [-0.39, 0.29) is 0 Å². The number of benzene rings is 2. The first-order valence-electron chi connectivity index (χ1n) is 9.70. The van der Waals surface area contributed by atoms with Crippen molar-refractivity contribution in [2.24, 2.45) is 0 Å². The van der Waals surface area contributed by atoms with Gasteiger partial charge in [0.1, 0.15) is 17.7 Å². The van der Waals surface area contributed by atoms with Crippen molar-refractivity contribution < 1.29 is 13.9 Å². The molecule has 29 heavy (non-hydrogen) atoms. The largest absolute Gasteiger partial charge is 0.384 e. The normalized spacial score (nSPS) is 16.0. The van der Waals surface area contributed by atoms with E-state index in [1.807, 2.05) is 36.4 Å². The Balaban J connectivity index is 1.45. The van der Waals surface area contributed by atoms with Crippen LogP contribution in [0.25, 0.3) is 0 Å². The van der Waals surface area contributed by atoms with Crippen LogP contribution in [0.5, 0.6) is 0 Å². The molecule has 1 fully saturated rings. The lowest BCUT2D eigenvalue weighted by Gasteiger charge is -2.37. The van der Waals surface area contributed by atoms with Crippen LogP contribution in [0.1, 0.15) is 22.8 Å². The molecular weight excluding hydrogens is 372 g/mol. The minimum Gasteiger partial charge on any atom is -0.384 e. The van der Waals surface area contributed by atoms with E-state index < -0.39 is 17.7 Å². The molecule has 4 nitrogen and oxygen atoms in total. The zero-order valence-electron chi connectivity index (χ0n) is 16.0. The number of pyridine rings is 1. The standard InChI is InChI=1S/C23H23F2N3O/c24-19-8-7-18(21(25)14-19)16-27-10-12-28(13-11-27)22-6-2-1-5-20(22)23(29)17-4-3-9-26-15-17/h1-9,14-15,23,29H,10-13,16H2. The number of hydrogen-bond donors (Lipinski definition) is 1. The van der Waals surface area contributed by atoms with Gasteiger partial charge in [0.2, 0.25) is 0 Å². The van der Waals surface area contributed by atoms with Crippen molar-refractivity contribution in [1.29, 1.82) is 0 Å². The lowest BCUT2D eigenvalue weighted by atomic mass is 10.00. The van der Waals surface area contributed by atoms with E-state index in [0.717, 1.165) is 49.1 Å². The van der Waals surface area contributed by atoms with E-state index in [1.54, 1.807) is 12.4 Å². The number of aliphatic hydroxyl groups is 1. The second-order valence-corrected chi connectivity index (χ2v) is 7.25. The SMILES string of the molecule is OC(c1cccnc1)c1ccccc1N1CCN(Cc2ccc(F)cc2F)CC1. The summed E-state index contributed by atoms with van der Waals surface area (Å²) < 4.78 is 27.0. The molecule has 1 unspecified atom stereocenters. The van der Waals surface area contributed by atoms with Gasteiger partial charge >= 0.3 is 0 Å². The third-order valence-corrected chi connectivity index (χ3v) is 5.35. The maximum absolute atomic E-state index is 13.9. The van der Waals surface area contributed by atoms with Crippen molar-refractivity contribution in [3.8, 4) is 0 Å². The Morgan fingerprint density at radius 2 is 1.76 bits per heavy atom. The minimum absolute atomic E-state index is 0.458. The molecule has 0 amide bonds. The summed E-state index contributed by atoms with van der Waals surface area (Å²) in [5.74, 6) is -1.06. The van der Waals surface area contributed by atoms with E-state index in [4.69, 9.17) is 0 Å². The molecule has 1 saturated heterocycles. The van der Waals surface area contributed by atoms with Crippen molar-refractivity contribution in [2.75, 3.05) is 31.1 Å². The second-order valence-electron chi connectivity index (χ2n) is 7.25. The molecule has 1 N–H and O–H groups in total. The van der Waals surface area contributed by atoms with Crippen LogP contribution in [-0.4, -0.2) is 41.2 Å². The Bertz CT molecular complexity index is 959. The zero-order valence-corrected chi connectivity index (χ0v) is 16.0. The molecule has 0 bridgehead atoms. The molecule has 2 aromatic carbocycles. The van der Waals surface area contributed by atoms with Crippen LogP contribution in [0.15, 0.2) is 67.0 Å². The lowest BCUT2D eigenvalue weighted by Crippen LogP contribution is -2.46. The number of aromatic nitrogens is 1. The Morgan fingerprint density at radius 3 is 2.48 bits per heavy atom. The number of para-hydroxylation sites is 1. The molecule has 0 saturated carbocycles. The first-order chi connectivity index (χ1) is 14.1. The molecule has 0 aliphatic carbocycles. The Kier molecular flexibility index (Phi) is 5.83. The van der Waals surface area contributed by atoms with Gasteiger partial charge in [-0.1, -0.05) is 30.3 Å². The van der Waals surface area contributed by atoms with Gasteiger partial charge in [-0.05, 0) is 18.2 Å². The van der Waals surface area contributed by atoms with Crippen LogP contribution in [0.2, 0.25) is 0 Å². The van der Waals surface area contributed by atoms with Gasteiger partial charge in [0.15, 0.2) is 0 Å². The van der Waals surface area contributed by atoms with Gasteiger partial charge in [0.25, 0.3) is 0 Å². The summed E-state index contributed by atoms with van der Waals surface area (Å²) in [7, 11) is 0. The summed E-state index contributed by atoms with van der Waals surface area (Å²) in [6, 6.07) is 15.3. The number of anilines is 1. The molecule has 150 valence electrons. The number of hydrogen-bond acceptors (Lipinski definition) is 4. The lowest BCUT2D eigenvalue weighted by molar-refractivity contribution is 0.218. The number of halogens is 2. The highest BCUT2D eigenvalue weighted by molar-refractivity contribution is 5.56. The predicted molar refractivity (Wildman–Crippen MR) is 109 cm³/mol. The van der Waals surface area contributed by atoms with Crippen molar-refractivity contribution >= 4 is 5.69 Å². The highest BCUT2D eigenvalue weighted by Crippen LogP contribution is 2.31. The Hall–Kier alpha value is -2.83. The molecule has 0 spiro atoms. The number of piperazine rings is 1. The smallest absolute Gasteiger partial charge is 0.130 e. The van der Waals surface area contributed by atoms with E-state index in [2.05, 4.69) is 14.8 Å². The van der Waals surface area contributed by atoms with Gasteiger partial charge in [0.05, 0.1) is 0 Å². The molecule has 1 atom stereocenters. The summed E-state index contributed by atoms with van der Waals surface area (Å²) in [6.45, 7) is 3.50. The molecule has 3 aromatic rings. The van der Waals surface area contributed by atoms with Gasteiger partial charge in [-0.25, -0.2) is 8.78 Å². The van der Waals surface area contributed by atoms with E-state index in [1.165, 1.54) is 12.1 Å². The highest BCUT2D eigenvalue weighted by atomic mass is 19.1. The van der Waals surface area contributed by atoms with Crippen LogP contribution in [0, 0.1) is 11.6 Å². The monoisotopic (exact) mass is 395 g/mol.